The molecule has 1 unspecified atom stereocenters. The molecule has 0 N–H and O–H groups in total. The lowest BCUT2D eigenvalue weighted by Crippen LogP contribution is -2.53. The van der Waals surface area contributed by atoms with Crippen LogP contribution in [0.25, 0.3) is 0 Å². The van der Waals surface area contributed by atoms with Gasteiger partial charge in [0.1, 0.15) is 0 Å². The Hall–Kier alpha value is -1.48. The number of amides is 1. The van der Waals surface area contributed by atoms with Crippen LogP contribution in [0.2, 0.25) is 0 Å². The summed E-state index contributed by atoms with van der Waals surface area (Å²) in [6, 6.07) is 9.22. The molecule has 1 aromatic carbocycles. The lowest BCUT2D eigenvalue weighted by molar-refractivity contribution is -0.155. The van der Waals surface area contributed by atoms with Gasteiger partial charge in [0.05, 0.1) is 25.0 Å². The molecule has 3 heterocycles. The van der Waals surface area contributed by atoms with Gasteiger partial charge in [0.2, 0.25) is 15.9 Å². The standard InChI is InChI=1S/C21H30N2O5S/c24-20(23-11-5-4-8-19(23)21-27-14-15-28-21)18-9-12-22(13-10-18)29(25,26)16-17-6-2-1-3-7-17/h1-3,6-7,18-19,21H,4-5,8-16H2. The summed E-state index contributed by atoms with van der Waals surface area (Å²) in [4.78, 5) is 15.2. The van der Waals surface area contributed by atoms with Crippen LogP contribution in [0.5, 0.6) is 0 Å². The van der Waals surface area contributed by atoms with E-state index in [9.17, 15) is 13.2 Å². The number of ether oxygens (including phenoxy) is 2. The topological polar surface area (TPSA) is 76.2 Å². The number of likely N-dealkylation sites (tertiary alicyclic amines) is 1. The van der Waals surface area contributed by atoms with Crippen molar-refractivity contribution in [2.45, 2.75) is 50.2 Å². The van der Waals surface area contributed by atoms with Gasteiger partial charge in [-0.15, -0.1) is 0 Å². The predicted molar refractivity (Wildman–Crippen MR) is 108 cm³/mol. The average Bonchev–Trinajstić information content (AvgIpc) is 3.28. The highest BCUT2D eigenvalue weighted by atomic mass is 32.2. The van der Waals surface area contributed by atoms with Crippen molar-refractivity contribution in [3.63, 3.8) is 0 Å². The number of nitrogens with zero attached hydrogens (tertiary/aromatic N) is 2. The van der Waals surface area contributed by atoms with Crippen LogP contribution in [-0.2, 0) is 30.0 Å². The maximum Gasteiger partial charge on any atom is 0.226 e. The van der Waals surface area contributed by atoms with E-state index in [-0.39, 0.29) is 29.9 Å². The van der Waals surface area contributed by atoms with Gasteiger partial charge in [0.15, 0.2) is 6.29 Å². The zero-order valence-electron chi connectivity index (χ0n) is 16.7. The molecule has 0 radical (unpaired) electrons. The van der Waals surface area contributed by atoms with Crippen LogP contribution < -0.4 is 0 Å². The fourth-order valence-electron chi connectivity index (χ4n) is 4.60. The fraction of sp³-hybridized carbons (Fsp3) is 0.667. The maximum absolute atomic E-state index is 13.2. The third-order valence-electron chi connectivity index (χ3n) is 6.18. The smallest absolute Gasteiger partial charge is 0.226 e. The van der Waals surface area contributed by atoms with E-state index in [2.05, 4.69) is 0 Å². The molecule has 1 atom stereocenters. The zero-order valence-corrected chi connectivity index (χ0v) is 17.6. The number of benzene rings is 1. The highest BCUT2D eigenvalue weighted by Crippen LogP contribution is 2.29. The number of carbonyl (C=O) groups excluding carboxylic acids is 1. The summed E-state index contributed by atoms with van der Waals surface area (Å²) in [5.74, 6) is 0.0193. The van der Waals surface area contributed by atoms with Gasteiger partial charge in [-0.3, -0.25) is 4.79 Å². The number of piperidine rings is 2. The van der Waals surface area contributed by atoms with Crippen molar-refractivity contribution in [2.75, 3.05) is 32.8 Å². The van der Waals surface area contributed by atoms with E-state index in [4.69, 9.17) is 9.47 Å². The predicted octanol–water partition coefficient (Wildman–Crippen LogP) is 1.98. The quantitative estimate of drug-likeness (QED) is 0.725. The second-order valence-electron chi connectivity index (χ2n) is 8.12. The van der Waals surface area contributed by atoms with Gasteiger partial charge < -0.3 is 14.4 Å². The third kappa shape index (κ3) is 4.82. The SMILES string of the molecule is O=C(C1CCN(S(=O)(=O)Cc2ccccc2)CC1)N1CCCCC1C1OCCO1. The molecule has 0 bridgehead atoms. The van der Waals surface area contributed by atoms with Gasteiger partial charge in [0, 0.05) is 25.6 Å². The highest BCUT2D eigenvalue weighted by molar-refractivity contribution is 7.88. The summed E-state index contributed by atoms with van der Waals surface area (Å²) >= 11 is 0. The van der Waals surface area contributed by atoms with E-state index in [1.54, 1.807) is 4.31 Å². The molecule has 0 spiro atoms. The van der Waals surface area contributed by atoms with Crippen LogP contribution in [0.3, 0.4) is 0 Å². The molecule has 4 rings (SSSR count). The summed E-state index contributed by atoms with van der Waals surface area (Å²) < 4.78 is 38.4. The Bertz CT molecular complexity index is 787. The largest absolute Gasteiger partial charge is 0.348 e. The molecule has 3 saturated heterocycles. The lowest BCUT2D eigenvalue weighted by Gasteiger charge is -2.41. The molecular weight excluding hydrogens is 392 g/mol. The van der Waals surface area contributed by atoms with Crippen LogP contribution in [0, 0.1) is 5.92 Å². The minimum atomic E-state index is -3.37. The van der Waals surface area contributed by atoms with Crippen molar-refractivity contribution in [1.29, 1.82) is 0 Å². The maximum atomic E-state index is 13.2. The summed E-state index contributed by atoms with van der Waals surface area (Å²) in [7, 11) is -3.37. The minimum Gasteiger partial charge on any atom is -0.348 e. The molecule has 0 saturated carbocycles. The van der Waals surface area contributed by atoms with E-state index < -0.39 is 10.0 Å². The van der Waals surface area contributed by atoms with Gasteiger partial charge in [-0.25, -0.2) is 12.7 Å². The Balaban J connectivity index is 1.35. The zero-order chi connectivity index (χ0) is 20.3. The van der Waals surface area contributed by atoms with Gasteiger partial charge in [-0.1, -0.05) is 30.3 Å². The van der Waals surface area contributed by atoms with Gasteiger partial charge in [-0.2, -0.15) is 0 Å². The second-order valence-corrected chi connectivity index (χ2v) is 10.1. The van der Waals surface area contributed by atoms with Crippen molar-refractivity contribution in [3.05, 3.63) is 35.9 Å². The first-order chi connectivity index (χ1) is 14.0. The van der Waals surface area contributed by atoms with Crippen molar-refractivity contribution >= 4 is 15.9 Å². The Morgan fingerprint density at radius 1 is 0.966 bits per heavy atom. The monoisotopic (exact) mass is 422 g/mol. The Labute approximate surface area is 173 Å². The van der Waals surface area contributed by atoms with Crippen molar-refractivity contribution in [1.82, 2.24) is 9.21 Å². The molecule has 3 aliphatic rings. The molecule has 29 heavy (non-hydrogen) atoms. The van der Waals surface area contributed by atoms with E-state index >= 15 is 0 Å². The fourth-order valence-corrected chi connectivity index (χ4v) is 6.17. The number of hydrogen-bond acceptors (Lipinski definition) is 5. The first kappa shape index (κ1) is 20.8. The number of carbonyl (C=O) groups is 1. The molecule has 3 fully saturated rings. The second kappa shape index (κ2) is 9.12. The van der Waals surface area contributed by atoms with Crippen LogP contribution in [0.1, 0.15) is 37.7 Å². The Morgan fingerprint density at radius 2 is 1.66 bits per heavy atom. The third-order valence-corrected chi connectivity index (χ3v) is 8.03. The molecular formula is C21H30N2O5S. The van der Waals surface area contributed by atoms with E-state index in [1.807, 2.05) is 35.2 Å². The summed E-state index contributed by atoms with van der Waals surface area (Å²) in [5, 5.41) is 0. The molecule has 1 aromatic rings. The first-order valence-corrected chi connectivity index (χ1v) is 12.2. The minimum absolute atomic E-state index is 0.0109. The van der Waals surface area contributed by atoms with Crippen molar-refractivity contribution < 1.29 is 22.7 Å². The summed E-state index contributed by atoms with van der Waals surface area (Å²) in [6.45, 7) is 2.71. The van der Waals surface area contributed by atoms with Crippen LogP contribution in [0.15, 0.2) is 30.3 Å². The van der Waals surface area contributed by atoms with Gasteiger partial charge in [0.25, 0.3) is 0 Å². The molecule has 160 valence electrons. The molecule has 0 aliphatic carbocycles. The van der Waals surface area contributed by atoms with Gasteiger partial charge >= 0.3 is 0 Å². The highest BCUT2D eigenvalue weighted by Gasteiger charge is 2.40. The molecule has 7 nitrogen and oxygen atoms in total. The molecule has 0 aromatic heterocycles. The van der Waals surface area contributed by atoms with E-state index in [0.717, 1.165) is 31.4 Å². The Kier molecular flexibility index (Phi) is 6.53. The number of rotatable bonds is 5. The molecule has 3 aliphatic heterocycles. The van der Waals surface area contributed by atoms with Crippen molar-refractivity contribution in [2.24, 2.45) is 5.92 Å². The number of hydrogen-bond donors (Lipinski definition) is 0. The number of sulfonamides is 1. The van der Waals surface area contributed by atoms with Crippen molar-refractivity contribution in [3.8, 4) is 0 Å². The first-order valence-electron chi connectivity index (χ1n) is 10.6. The van der Waals surface area contributed by atoms with Crippen LogP contribution in [0.4, 0.5) is 0 Å². The van der Waals surface area contributed by atoms with E-state index in [0.29, 0.717) is 39.1 Å². The lowest BCUT2D eigenvalue weighted by atomic mass is 9.93. The Morgan fingerprint density at radius 3 is 2.34 bits per heavy atom. The van der Waals surface area contributed by atoms with Gasteiger partial charge in [-0.05, 0) is 37.7 Å². The summed E-state index contributed by atoms with van der Waals surface area (Å²) in [6.07, 6.45) is 3.81. The van der Waals surface area contributed by atoms with E-state index in [1.165, 1.54) is 0 Å². The van der Waals surface area contributed by atoms with Crippen LogP contribution in [-0.4, -0.2) is 68.7 Å². The summed E-state index contributed by atoms with van der Waals surface area (Å²) in [5.41, 5.74) is 0.790. The normalized spacial score (nSPS) is 25.4. The average molecular weight is 423 g/mol. The van der Waals surface area contributed by atoms with Crippen LogP contribution >= 0.6 is 0 Å². The molecule has 1 amide bonds. The molecule has 8 heteroatoms.